The van der Waals surface area contributed by atoms with Crippen molar-refractivity contribution in [1.82, 2.24) is 9.97 Å². The van der Waals surface area contributed by atoms with E-state index in [4.69, 9.17) is 10.1 Å². The number of imidazole rings is 1. The highest BCUT2D eigenvalue weighted by Crippen LogP contribution is 2.54. The Labute approximate surface area is 198 Å². The summed E-state index contributed by atoms with van der Waals surface area (Å²) >= 11 is 0. The van der Waals surface area contributed by atoms with E-state index in [2.05, 4.69) is 9.71 Å². The molecule has 1 aliphatic rings. The van der Waals surface area contributed by atoms with Crippen molar-refractivity contribution in [3.63, 3.8) is 0 Å². The van der Waals surface area contributed by atoms with Crippen LogP contribution in [0.2, 0.25) is 0 Å². The predicted octanol–water partition coefficient (Wildman–Crippen LogP) is 3.66. The SMILES string of the molecule is CS(=O)(=O)Nc1ccc(C2CC2c2nc3ccc(-c4ccccc4CS(N)(=O)=O)cc3[nH]2)cc1. The Hall–Kier alpha value is -3.21. The lowest BCUT2D eigenvalue weighted by molar-refractivity contribution is 0.596. The molecule has 0 aliphatic heterocycles. The monoisotopic (exact) mass is 496 g/mol. The van der Waals surface area contributed by atoms with E-state index in [0.717, 1.165) is 46.2 Å². The molecule has 1 aliphatic carbocycles. The number of nitrogens with zero attached hydrogens (tertiary/aromatic N) is 1. The van der Waals surface area contributed by atoms with Crippen LogP contribution in [0.5, 0.6) is 0 Å². The molecule has 34 heavy (non-hydrogen) atoms. The number of nitrogens with two attached hydrogens (primary N) is 1. The van der Waals surface area contributed by atoms with Gasteiger partial charge in [-0.05, 0) is 58.9 Å². The van der Waals surface area contributed by atoms with Crippen LogP contribution in [-0.4, -0.2) is 33.1 Å². The number of aromatic nitrogens is 2. The van der Waals surface area contributed by atoms with Crippen molar-refractivity contribution in [1.29, 1.82) is 0 Å². The number of hydrogen-bond donors (Lipinski definition) is 3. The molecule has 2 atom stereocenters. The molecular formula is C24H24N4O4S2. The molecule has 0 bridgehead atoms. The van der Waals surface area contributed by atoms with Gasteiger partial charge in [0.25, 0.3) is 0 Å². The maximum atomic E-state index is 11.6. The van der Waals surface area contributed by atoms with Crippen LogP contribution in [0.3, 0.4) is 0 Å². The maximum absolute atomic E-state index is 11.6. The molecule has 0 radical (unpaired) electrons. The molecule has 1 aromatic heterocycles. The van der Waals surface area contributed by atoms with Crippen molar-refractivity contribution in [2.45, 2.75) is 24.0 Å². The zero-order valence-corrected chi connectivity index (χ0v) is 20.0. The first-order valence-electron chi connectivity index (χ1n) is 10.7. The number of fused-ring (bicyclic) bond motifs is 1. The average molecular weight is 497 g/mol. The summed E-state index contributed by atoms with van der Waals surface area (Å²) in [5.41, 5.74) is 5.78. The van der Waals surface area contributed by atoms with Crippen LogP contribution in [0.25, 0.3) is 22.2 Å². The predicted molar refractivity (Wildman–Crippen MR) is 133 cm³/mol. The quantitative estimate of drug-likeness (QED) is 0.359. The molecule has 4 N–H and O–H groups in total. The van der Waals surface area contributed by atoms with Crippen LogP contribution in [0, 0.1) is 0 Å². The molecule has 176 valence electrons. The maximum Gasteiger partial charge on any atom is 0.229 e. The molecule has 1 saturated carbocycles. The molecule has 0 amide bonds. The van der Waals surface area contributed by atoms with Crippen molar-refractivity contribution in [3.8, 4) is 11.1 Å². The minimum absolute atomic E-state index is 0.225. The zero-order valence-electron chi connectivity index (χ0n) is 18.4. The topological polar surface area (TPSA) is 135 Å². The fourth-order valence-corrected chi connectivity index (χ4v) is 5.64. The standard InChI is InChI=1S/C24H24N4O4S2/c1-33(29,30)28-18-9-6-15(7-10-18)20-13-21(20)24-26-22-11-8-16(12-23(22)27-24)19-5-3-2-4-17(19)14-34(25,31)32/h2-12,20-21,28H,13-14H2,1H3,(H,26,27)(H2,25,31,32). The van der Waals surface area contributed by atoms with Gasteiger partial charge in [0.15, 0.2) is 0 Å². The van der Waals surface area contributed by atoms with E-state index in [9.17, 15) is 16.8 Å². The van der Waals surface area contributed by atoms with E-state index in [0.29, 0.717) is 17.2 Å². The van der Waals surface area contributed by atoms with Gasteiger partial charge in [0.2, 0.25) is 20.0 Å². The van der Waals surface area contributed by atoms with Gasteiger partial charge in [-0.25, -0.2) is 27.0 Å². The minimum Gasteiger partial charge on any atom is -0.342 e. The third-order valence-corrected chi connectivity index (χ3v) is 7.29. The number of aromatic amines is 1. The normalized spacial score (nSPS) is 18.2. The molecule has 4 aromatic rings. The van der Waals surface area contributed by atoms with Gasteiger partial charge >= 0.3 is 0 Å². The van der Waals surface area contributed by atoms with Gasteiger partial charge in [0.1, 0.15) is 5.82 Å². The second kappa shape index (κ2) is 8.23. The molecule has 8 nitrogen and oxygen atoms in total. The van der Waals surface area contributed by atoms with Crippen molar-refractivity contribution in [3.05, 3.63) is 83.7 Å². The van der Waals surface area contributed by atoms with E-state index in [1.807, 2.05) is 42.5 Å². The molecule has 2 unspecified atom stereocenters. The van der Waals surface area contributed by atoms with Crippen LogP contribution in [0.4, 0.5) is 5.69 Å². The highest BCUT2D eigenvalue weighted by molar-refractivity contribution is 7.92. The van der Waals surface area contributed by atoms with Gasteiger partial charge < -0.3 is 4.98 Å². The third kappa shape index (κ3) is 4.98. The van der Waals surface area contributed by atoms with Gasteiger partial charge in [-0.3, -0.25) is 4.72 Å². The van der Waals surface area contributed by atoms with E-state index < -0.39 is 20.0 Å². The first-order chi connectivity index (χ1) is 16.1. The number of H-pyrrole nitrogens is 1. The fourth-order valence-electron chi connectivity index (χ4n) is 4.40. The molecule has 10 heteroatoms. The van der Waals surface area contributed by atoms with E-state index in [1.54, 1.807) is 24.3 Å². The number of rotatable bonds is 7. The Morgan fingerprint density at radius 2 is 1.74 bits per heavy atom. The molecule has 5 rings (SSSR count). The van der Waals surface area contributed by atoms with E-state index >= 15 is 0 Å². The number of hydrogen-bond acceptors (Lipinski definition) is 5. The van der Waals surface area contributed by atoms with Gasteiger partial charge in [-0.15, -0.1) is 0 Å². The van der Waals surface area contributed by atoms with Gasteiger partial charge in [-0.2, -0.15) is 0 Å². The first-order valence-corrected chi connectivity index (χ1v) is 14.3. The van der Waals surface area contributed by atoms with Crippen molar-refractivity contribution >= 4 is 36.8 Å². The lowest BCUT2D eigenvalue weighted by Crippen LogP contribution is -2.15. The molecule has 1 heterocycles. The largest absolute Gasteiger partial charge is 0.342 e. The first kappa shape index (κ1) is 22.6. The van der Waals surface area contributed by atoms with Gasteiger partial charge in [0.05, 0.1) is 23.0 Å². The van der Waals surface area contributed by atoms with Crippen LogP contribution < -0.4 is 9.86 Å². The van der Waals surface area contributed by atoms with Crippen molar-refractivity contribution in [2.75, 3.05) is 11.0 Å². The zero-order chi connectivity index (χ0) is 24.1. The molecule has 0 spiro atoms. The van der Waals surface area contributed by atoms with E-state index in [1.165, 1.54) is 0 Å². The van der Waals surface area contributed by atoms with Crippen molar-refractivity contribution in [2.24, 2.45) is 5.14 Å². The van der Waals surface area contributed by atoms with Crippen LogP contribution in [-0.2, 0) is 25.8 Å². The summed E-state index contributed by atoms with van der Waals surface area (Å²) in [7, 11) is -6.95. The molecule has 3 aromatic carbocycles. The highest BCUT2D eigenvalue weighted by atomic mass is 32.2. The summed E-state index contributed by atoms with van der Waals surface area (Å²) in [4.78, 5) is 8.20. The second-order valence-electron chi connectivity index (χ2n) is 8.76. The summed E-state index contributed by atoms with van der Waals surface area (Å²) in [5.74, 6) is 1.27. The summed E-state index contributed by atoms with van der Waals surface area (Å²) in [6.07, 6.45) is 2.09. The average Bonchev–Trinajstić information content (AvgIpc) is 3.43. The number of benzene rings is 3. The van der Waals surface area contributed by atoms with Crippen LogP contribution in [0.15, 0.2) is 66.7 Å². The Kier molecular flexibility index (Phi) is 5.46. The molecule has 0 saturated heterocycles. The Morgan fingerprint density at radius 1 is 1.00 bits per heavy atom. The smallest absolute Gasteiger partial charge is 0.229 e. The third-order valence-electron chi connectivity index (χ3n) is 5.97. The van der Waals surface area contributed by atoms with Crippen LogP contribution >= 0.6 is 0 Å². The van der Waals surface area contributed by atoms with Crippen LogP contribution in [0.1, 0.15) is 35.2 Å². The highest BCUT2D eigenvalue weighted by Gasteiger charge is 2.41. The van der Waals surface area contributed by atoms with Gasteiger partial charge in [-0.1, -0.05) is 42.5 Å². The van der Waals surface area contributed by atoms with E-state index in [-0.39, 0.29) is 11.7 Å². The Balaban J connectivity index is 1.38. The number of nitrogens with one attached hydrogen (secondary N) is 2. The molecular weight excluding hydrogens is 472 g/mol. The summed E-state index contributed by atoms with van der Waals surface area (Å²) in [5, 5.41) is 5.27. The van der Waals surface area contributed by atoms with Gasteiger partial charge in [0, 0.05) is 11.6 Å². The summed E-state index contributed by atoms with van der Waals surface area (Å²) in [6, 6.07) is 20.6. The van der Waals surface area contributed by atoms with Crippen molar-refractivity contribution < 1.29 is 16.8 Å². The molecule has 1 fully saturated rings. The Bertz CT molecular complexity index is 1590. The summed E-state index contributed by atoms with van der Waals surface area (Å²) < 4.78 is 48.5. The lowest BCUT2D eigenvalue weighted by atomic mass is 10.0. The number of primary sulfonamides is 1. The summed E-state index contributed by atoms with van der Waals surface area (Å²) in [6.45, 7) is 0. The fraction of sp³-hybridized carbons (Fsp3) is 0.208. The minimum atomic E-state index is -3.65. The number of anilines is 1. The number of sulfonamides is 2. The lowest BCUT2D eigenvalue weighted by Gasteiger charge is -2.08. The Morgan fingerprint density at radius 3 is 2.44 bits per heavy atom. The second-order valence-corrected chi connectivity index (χ2v) is 12.1.